The molecule has 3 N–H and O–H groups in total. The molecule has 0 aliphatic carbocycles. The molecular formula is C17H28N2OS. The van der Waals surface area contributed by atoms with Gasteiger partial charge in [0.1, 0.15) is 0 Å². The Labute approximate surface area is 133 Å². The molecule has 0 aliphatic rings. The zero-order valence-corrected chi connectivity index (χ0v) is 14.2. The average Bonchev–Trinajstić information content (AvgIpc) is 2.51. The summed E-state index contributed by atoms with van der Waals surface area (Å²) in [7, 11) is 0. The van der Waals surface area contributed by atoms with Crippen LogP contribution in [0.5, 0.6) is 0 Å². The van der Waals surface area contributed by atoms with Crippen LogP contribution >= 0.6 is 11.8 Å². The maximum atomic E-state index is 12.0. The van der Waals surface area contributed by atoms with Gasteiger partial charge in [0.05, 0.1) is 6.04 Å². The maximum absolute atomic E-state index is 12.0. The number of nitrogens with one attached hydrogen (secondary N) is 1. The summed E-state index contributed by atoms with van der Waals surface area (Å²) >= 11 is 1.72. The summed E-state index contributed by atoms with van der Waals surface area (Å²) in [6, 6.07) is 8.41. The molecule has 1 amide bonds. The zero-order valence-electron chi connectivity index (χ0n) is 13.4. The molecule has 0 bridgehead atoms. The molecule has 0 saturated carbocycles. The van der Waals surface area contributed by atoms with Gasteiger partial charge in [0.25, 0.3) is 0 Å². The molecule has 1 aromatic rings. The summed E-state index contributed by atoms with van der Waals surface area (Å²) in [5.74, 6) is 0.698. The van der Waals surface area contributed by atoms with E-state index in [1.165, 1.54) is 4.90 Å². The number of amides is 1. The fraction of sp³-hybridized carbons (Fsp3) is 0.588. The molecule has 4 heteroatoms. The quantitative estimate of drug-likeness (QED) is 0.683. The molecule has 2 unspecified atom stereocenters. The smallest absolute Gasteiger partial charge is 0.220 e. The minimum Gasteiger partial charge on any atom is -0.350 e. The van der Waals surface area contributed by atoms with Crippen molar-refractivity contribution in [3.8, 4) is 0 Å². The van der Waals surface area contributed by atoms with Crippen molar-refractivity contribution in [1.82, 2.24) is 5.32 Å². The van der Waals surface area contributed by atoms with Gasteiger partial charge in [-0.2, -0.15) is 0 Å². The number of thioether (sulfide) groups is 1. The highest BCUT2D eigenvalue weighted by Gasteiger charge is 2.12. The number of hydrogen-bond donors (Lipinski definition) is 2. The maximum Gasteiger partial charge on any atom is 0.220 e. The monoisotopic (exact) mass is 308 g/mol. The zero-order chi connectivity index (χ0) is 15.7. The Balaban J connectivity index is 2.42. The number of hydrogen-bond acceptors (Lipinski definition) is 3. The molecular weight excluding hydrogens is 280 g/mol. The molecule has 2 atom stereocenters. The minimum absolute atomic E-state index is 0.0583. The first kappa shape index (κ1) is 18.1. The lowest BCUT2D eigenvalue weighted by atomic mass is 9.96. The van der Waals surface area contributed by atoms with Crippen LogP contribution < -0.4 is 11.1 Å². The van der Waals surface area contributed by atoms with Crippen molar-refractivity contribution in [3.63, 3.8) is 0 Å². The highest BCUT2D eigenvalue weighted by Crippen LogP contribution is 2.19. The van der Waals surface area contributed by atoms with E-state index in [1.807, 2.05) is 6.92 Å². The van der Waals surface area contributed by atoms with Gasteiger partial charge in [-0.25, -0.2) is 0 Å². The summed E-state index contributed by atoms with van der Waals surface area (Å²) in [5, 5.41) is 3.08. The van der Waals surface area contributed by atoms with Gasteiger partial charge in [-0.15, -0.1) is 11.8 Å². The number of carbonyl (C=O) groups excluding carboxylic acids is 1. The second-order valence-electron chi connectivity index (χ2n) is 5.45. The number of nitrogens with two attached hydrogens (primary N) is 1. The van der Waals surface area contributed by atoms with E-state index in [2.05, 4.69) is 42.8 Å². The molecule has 0 aromatic heterocycles. The van der Waals surface area contributed by atoms with Crippen molar-refractivity contribution in [2.75, 3.05) is 12.8 Å². The second kappa shape index (κ2) is 9.85. The van der Waals surface area contributed by atoms with Crippen molar-refractivity contribution in [1.29, 1.82) is 0 Å². The largest absolute Gasteiger partial charge is 0.350 e. The van der Waals surface area contributed by atoms with Crippen molar-refractivity contribution < 1.29 is 4.79 Å². The lowest BCUT2D eigenvalue weighted by Crippen LogP contribution is -2.27. The fourth-order valence-electron chi connectivity index (χ4n) is 2.41. The molecule has 118 valence electrons. The SMILES string of the molecule is CCC(CCN)CCC(=O)NC(C)c1ccc(SC)cc1. The summed E-state index contributed by atoms with van der Waals surface area (Å²) in [5.41, 5.74) is 6.74. The predicted molar refractivity (Wildman–Crippen MR) is 91.5 cm³/mol. The molecule has 0 saturated heterocycles. The summed E-state index contributed by atoms with van der Waals surface area (Å²) in [6.07, 6.45) is 5.68. The van der Waals surface area contributed by atoms with E-state index in [1.54, 1.807) is 11.8 Å². The molecule has 0 fully saturated rings. The normalized spacial score (nSPS) is 13.7. The first-order valence-corrected chi connectivity index (χ1v) is 8.96. The number of carbonyl (C=O) groups is 1. The van der Waals surface area contributed by atoms with Crippen molar-refractivity contribution in [2.45, 2.75) is 50.5 Å². The van der Waals surface area contributed by atoms with Gasteiger partial charge >= 0.3 is 0 Å². The Kier molecular flexibility index (Phi) is 8.47. The van der Waals surface area contributed by atoms with E-state index in [0.29, 0.717) is 18.9 Å². The van der Waals surface area contributed by atoms with E-state index < -0.39 is 0 Å². The van der Waals surface area contributed by atoms with E-state index in [4.69, 9.17) is 5.73 Å². The van der Waals surface area contributed by atoms with Crippen LogP contribution in [0.15, 0.2) is 29.2 Å². The van der Waals surface area contributed by atoms with Gasteiger partial charge in [0.2, 0.25) is 5.91 Å². The molecule has 0 spiro atoms. The third-order valence-corrected chi connectivity index (χ3v) is 4.67. The molecule has 0 radical (unpaired) electrons. The first-order chi connectivity index (χ1) is 10.1. The van der Waals surface area contributed by atoms with Crippen LogP contribution in [-0.2, 0) is 4.79 Å². The Hall–Kier alpha value is -1.00. The van der Waals surface area contributed by atoms with E-state index in [9.17, 15) is 4.79 Å². The Bertz CT molecular complexity index is 419. The van der Waals surface area contributed by atoms with Crippen LogP contribution in [-0.4, -0.2) is 18.7 Å². The summed E-state index contributed by atoms with van der Waals surface area (Å²) in [4.78, 5) is 13.3. The van der Waals surface area contributed by atoms with E-state index in [-0.39, 0.29) is 11.9 Å². The molecule has 21 heavy (non-hydrogen) atoms. The molecule has 0 aliphatic heterocycles. The van der Waals surface area contributed by atoms with Crippen molar-refractivity contribution in [3.05, 3.63) is 29.8 Å². The summed E-state index contributed by atoms with van der Waals surface area (Å²) < 4.78 is 0. The third kappa shape index (κ3) is 6.53. The van der Waals surface area contributed by atoms with Gasteiger partial charge in [-0.3, -0.25) is 4.79 Å². The lowest BCUT2D eigenvalue weighted by molar-refractivity contribution is -0.122. The van der Waals surface area contributed by atoms with Gasteiger partial charge in [0, 0.05) is 11.3 Å². The Morgan fingerprint density at radius 1 is 1.29 bits per heavy atom. The average molecular weight is 308 g/mol. The molecule has 1 rings (SSSR count). The highest BCUT2D eigenvalue weighted by molar-refractivity contribution is 7.98. The van der Waals surface area contributed by atoms with Gasteiger partial charge < -0.3 is 11.1 Å². The lowest BCUT2D eigenvalue weighted by Gasteiger charge is -2.17. The third-order valence-electron chi connectivity index (χ3n) is 3.93. The van der Waals surface area contributed by atoms with Gasteiger partial charge in [0.15, 0.2) is 0 Å². The number of benzene rings is 1. The van der Waals surface area contributed by atoms with Crippen LogP contribution in [0.25, 0.3) is 0 Å². The van der Waals surface area contributed by atoms with E-state index in [0.717, 1.165) is 24.8 Å². The standard InChI is InChI=1S/C17H28N2OS/c1-4-14(11-12-18)5-10-17(20)19-13(2)15-6-8-16(21-3)9-7-15/h6-9,13-14H,4-5,10-12,18H2,1-3H3,(H,19,20). The van der Waals surface area contributed by atoms with Crippen LogP contribution in [0.3, 0.4) is 0 Å². The number of rotatable bonds is 9. The highest BCUT2D eigenvalue weighted by atomic mass is 32.2. The molecule has 1 aromatic carbocycles. The Morgan fingerprint density at radius 3 is 2.48 bits per heavy atom. The molecule has 3 nitrogen and oxygen atoms in total. The van der Waals surface area contributed by atoms with Crippen molar-refractivity contribution >= 4 is 17.7 Å². The van der Waals surface area contributed by atoms with Crippen LogP contribution in [0.2, 0.25) is 0 Å². The fourth-order valence-corrected chi connectivity index (χ4v) is 2.82. The van der Waals surface area contributed by atoms with Crippen LogP contribution in [0, 0.1) is 5.92 Å². The topological polar surface area (TPSA) is 55.1 Å². The van der Waals surface area contributed by atoms with Gasteiger partial charge in [-0.1, -0.05) is 25.5 Å². The first-order valence-electron chi connectivity index (χ1n) is 7.74. The van der Waals surface area contributed by atoms with E-state index >= 15 is 0 Å². The van der Waals surface area contributed by atoms with Crippen molar-refractivity contribution in [2.24, 2.45) is 11.7 Å². The minimum atomic E-state index is 0.0583. The predicted octanol–water partition coefficient (Wildman–Crippen LogP) is 3.74. The molecule has 0 heterocycles. The second-order valence-corrected chi connectivity index (χ2v) is 6.33. The van der Waals surface area contributed by atoms with Gasteiger partial charge in [-0.05, 0) is 56.2 Å². The Morgan fingerprint density at radius 2 is 1.95 bits per heavy atom. The van der Waals surface area contributed by atoms with Crippen LogP contribution in [0.4, 0.5) is 0 Å². The van der Waals surface area contributed by atoms with Crippen LogP contribution in [0.1, 0.15) is 51.1 Å². The summed E-state index contributed by atoms with van der Waals surface area (Å²) in [6.45, 7) is 4.90.